The quantitative estimate of drug-likeness (QED) is 0.502. The summed E-state index contributed by atoms with van der Waals surface area (Å²) in [5.41, 5.74) is 7.26. The van der Waals surface area contributed by atoms with Crippen LogP contribution in [0.3, 0.4) is 0 Å². The van der Waals surface area contributed by atoms with Crippen LogP contribution in [0, 0.1) is 45.9 Å². The zero-order valence-corrected chi connectivity index (χ0v) is 17.4. The van der Waals surface area contributed by atoms with Crippen molar-refractivity contribution in [2.45, 2.75) is 34.6 Å². The second-order valence-corrected chi connectivity index (χ2v) is 7.68. The third-order valence-electron chi connectivity index (χ3n) is 4.64. The molecule has 2 heterocycles. The Kier molecular flexibility index (Phi) is 5.48. The van der Waals surface area contributed by atoms with E-state index in [0.717, 1.165) is 28.3 Å². The zero-order valence-electron chi connectivity index (χ0n) is 16.6. The predicted octanol–water partition coefficient (Wildman–Crippen LogP) is 5.02. The molecule has 0 saturated heterocycles. The second kappa shape index (κ2) is 7.83. The van der Waals surface area contributed by atoms with Crippen molar-refractivity contribution in [3.63, 3.8) is 0 Å². The molecule has 3 rings (SSSR count). The van der Waals surface area contributed by atoms with E-state index in [1.807, 2.05) is 44.4 Å². The number of nitrogens with one attached hydrogen (secondary N) is 1. The Morgan fingerprint density at radius 1 is 1.21 bits per heavy atom. The van der Waals surface area contributed by atoms with Crippen LogP contribution in [-0.2, 0) is 4.79 Å². The number of rotatable bonds is 4. The average molecular weight is 391 g/mol. The van der Waals surface area contributed by atoms with Crippen LogP contribution in [0.15, 0.2) is 35.2 Å². The van der Waals surface area contributed by atoms with Crippen molar-refractivity contribution in [1.29, 1.82) is 5.26 Å². The van der Waals surface area contributed by atoms with Crippen molar-refractivity contribution in [1.82, 2.24) is 9.55 Å². The number of hydrogen-bond donors (Lipinski definition) is 1. The highest BCUT2D eigenvalue weighted by molar-refractivity contribution is 7.13. The van der Waals surface area contributed by atoms with Gasteiger partial charge in [0.25, 0.3) is 5.91 Å². The Balaban J connectivity index is 2.00. The molecular formula is C22H22N4OS. The number of carbonyl (C=O) groups excluding carboxylic acids is 1. The fourth-order valence-electron chi connectivity index (χ4n) is 3.32. The molecule has 0 saturated carbocycles. The van der Waals surface area contributed by atoms with Gasteiger partial charge in [-0.25, -0.2) is 4.98 Å². The number of benzene rings is 1. The lowest BCUT2D eigenvalue weighted by Gasteiger charge is -2.15. The van der Waals surface area contributed by atoms with Crippen LogP contribution in [-0.4, -0.2) is 15.5 Å². The highest BCUT2D eigenvalue weighted by Gasteiger charge is 2.16. The number of amides is 1. The molecule has 0 fully saturated rings. The topological polar surface area (TPSA) is 70.7 Å². The molecule has 1 amide bonds. The van der Waals surface area contributed by atoms with E-state index in [2.05, 4.69) is 40.8 Å². The van der Waals surface area contributed by atoms with Gasteiger partial charge in [-0.05, 0) is 63.5 Å². The lowest BCUT2D eigenvalue weighted by atomic mass is 10.1. The number of anilines is 1. The van der Waals surface area contributed by atoms with Gasteiger partial charge in [-0.3, -0.25) is 10.1 Å². The number of thiazole rings is 1. The molecule has 0 unspecified atom stereocenters. The largest absolute Gasteiger partial charge is 0.317 e. The maximum Gasteiger partial charge on any atom is 0.268 e. The van der Waals surface area contributed by atoms with E-state index >= 15 is 0 Å². The standard InChI is InChI=1S/C22H22N4OS/c1-13-7-6-8-14(2)20(13)26-16(4)9-18(17(26)5)10-19(11-23)21(27)25-22-24-15(3)12-28-22/h6-10,12H,1-5H3,(H,24,25,27)/b19-10-. The van der Waals surface area contributed by atoms with Gasteiger partial charge in [0.05, 0.1) is 11.4 Å². The molecule has 6 heteroatoms. The van der Waals surface area contributed by atoms with E-state index in [1.165, 1.54) is 22.5 Å². The molecule has 3 aromatic rings. The Bertz CT molecular complexity index is 1110. The summed E-state index contributed by atoms with van der Waals surface area (Å²) in [6, 6.07) is 10.2. The Labute approximate surface area is 169 Å². The van der Waals surface area contributed by atoms with E-state index < -0.39 is 5.91 Å². The van der Waals surface area contributed by atoms with E-state index in [1.54, 1.807) is 6.08 Å². The molecule has 0 bridgehead atoms. The fourth-order valence-corrected chi connectivity index (χ4v) is 4.00. The number of aromatic nitrogens is 2. The van der Waals surface area contributed by atoms with Gasteiger partial charge in [0.15, 0.2) is 5.13 Å². The summed E-state index contributed by atoms with van der Waals surface area (Å²) in [5.74, 6) is -0.450. The number of hydrogen-bond acceptors (Lipinski definition) is 4. The summed E-state index contributed by atoms with van der Waals surface area (Å²) < 4.78 is 2.17. The van der Waals surface area contributed by atoms with Crippen LogP contribution in [0.25, 0.3) is 11.8 Å². The summed E-state index contributed by atoms with van der Waals surface area (Å²) in [4.78, 5) is 16.7. The molecule has 0 aliphatic rings. The van der Waals surface area contributed by atoms with Crippen molar-refractivity contribution in [2.24, 2.45) is 0 Å². The molecule has 0 radical (unpaired) electrons. The summed E-state index contributed by atoms with van der Waals surface area (Å²) in [6.07, 6.45) is 1.64. The van der Waals surface area contributed by atoms with Gasteiger partial charge in [0, 0.05) is 16.8 Å². The first-order valence-electron chi connectivity index (χ1n) is 8.92. The molecule has 0 aliphatic carbocycles. The monoisotopic (exact) mass is 390 g/mol. The lowest BCUT2D eigenvalue weighted by molar-refractivity contribution is -0.112. The molecule has 2 aromatic heterocycles. The van der Waals surface area contributed by atoms with Crippen LogP contribution in [0.2, 0.25) is 0 Å². The minimum atomic E-state index is -0.450. The average Bonchev–Trinajstić information content (AvgIpc) is 3.16. The van der Waals surface area contributed by atoms with Crippen LogP contribution in [0.1, 0.15) is 33.8 Å². The van der Waals surface area contributed by atoms with Crippen LogP contribution < -0.4 is 5.32 Å². The maximum atomic E-state index is 12.5. The van der Waals surface area contributed by atoms with Crippen LogP contribution >= 0.6 is 11.3 Å². The first kappa shape index (κ1) is 19.6. The van der Waals surface area contributed by atoms with Crippen LogP contribution in [0.4, 0.5) is 5.13 Å². The summed E-state index contributed by atoms with van der Waals surface area (Å²) in [7, 11) is 0. The SMILES string of the molecule is Cc1csc(NC(=O)/C(C#N)=C\c2cc(C)n(-c3c(C)cccc3C)c2C)n1. The minimum absolute atomic E-state index is 0.0506. The lowest BCUT2D eigenvalue weighted by Crippen LogP contribution is -2.13. The molecule has 0 atom stereocenters. The van der Waals surface area contributed by atoms with Gasteiger partial charge >= 0.3 is 0 Å². The minimum Gasteiger partial charge on any atom is -0.317 e. The first-order chi connectivity index (χ1) is 13.3. The predicted molar refractivity (Wildman–Crippen MR) is 114 cm³/mol. The molecule has 0 spiro atoms. The molecule has 5 nitrogen and oxygen atoms in total. The molecule has 142 valence electrons. The smallest absolute Gasteiger partial charge is 0.268 e. The van der Waals surface area contributed by atoms with Gasteiger partial charge in [-0.15, -0.1) is 11.3 Å². The molecule has 28 heavy (non-hydrogen) atoms. The Hall–Kier alpha value is -3.17. The Morgan fingerprint density at radius 3 is 2.46 bits per heavy atom. The van der Waals surface area contributed by atoms with E-state index in [4.69, 9.17) is 0 Å². The van der Waals surface area contributed by atoms with E-state index in [9.17, 15) is 10.1 Å². The molecule has 1 aromatic carbocycles. The fraction of sp³-hybridized carbons (Fsp3) is 0.227. The van der Waals surface area contributed by atoms with Gasteiger partial charge in [-0.2, -0.15) is 5.26 Å². The summed E-state index contributed by atoms with van der Waals surface area (Å²) >= 11 is 1.34. The second-order valence-electron chi connectivity index (χ2n) is 6.82. The number of carbonyl (C=O) groups is 1. The third kappa shape index (κ3) is 3.75. The normalized spacial score (nSPS) is 11.4. The number of aryl methyl sites for hydroxylation is 4. The third-order valence-corrected chi connectivity index (χ3v) is 5.51. The molecular weight excluding hydrogens is 368 g/mol. The van der Waals surface area contributed by atoms with E-state index in [-0.39, 0.29) is 5.57 Å². The number of nitrogens with zero attached hydrogens (tertiary/aromatic N) is 3. The van der Waals surface area contributed by atoms with Gasteiger partial charge in [-0.1, -0.05) is 18.2 Å². The van der Waals surface area contributed by atoms with Crippen LogP contribution in [0.5, 0.6) is 0 Å². The molecule has 1 N–H and O–H groups in total. The summed E-state index contributed by atoms with van der Waals surface area (Å²) in [6.45, 7) is 10.1. The van der Waals surface area contributed by atoms with Crippen molar-refractivity contribution in [3.05, 3.63) is 69.0 Å². The highest BCUT2D eigenvalue weighted by atomic mass is 32.1. The number of para-hydroxylation sites is 1. The number of nitriles is 1. The Morgan fingerprint density at radius 2 is 1.89 bits per heavy atom. The van der Waals surface area contributed by atoms with Gasteiger partial charge in [0.1, 0.15) is 11.6 Å². The van der Waals surface area contributed by atoms with E-state index in [0.29, 0.717) is 5.13 Å². The zero-order chi connectivity index (χ0) is 20.4. The summed E-state index contributed by atoms with van der Waals surface area (Å²) in [5, 5.41) is 14.5. The van der Waals surface area contributed by atoms with Crippen molar-refractivity contribution < 1.29 is 4.79 Å². The van der Waals surface area contributed by atoms with Crippen molar-refractivity contribution in [3.8, 4) is 11.8 Å². The van der Waals surface area contributed by atoms with Gasteiger partial charge < -0.3 is 4.57 Å². The van der Waals surface area contributed by atoms with Crippen molar-refractivity contribution >= 4 is 28.5 Å². The van der Waals surface area contributed by atoms with Crippen molar-refractivity contribution in [2.75, 3.05) is 5.32 Å². The highest BCUT2D eigenvalue weighted by Crippen LogP contribution is 2.27. The van der Waals surface area contributed by atoms with Gasteiger partial charge in [0.2, 0.25) is 0 Å². The maximum absolute atomic E-state index is 12.5. The first-order valence-corrected chi connectivity index (χ1v) is 9.80. The molecule has 0 aliphatic heterocycles.